The minimum atomic E-state index is -4.41. The Labute approximate surface area is 107 Å². The van der Waals surface area contributed by atoms with Crippen molar-refractivity contribution >= 4 is 16.9 Å². The quantitative estimate of drug-likeness (QED) is 0.745. The molecule has 0 aliphatic heterocycles. The molecule has 0 saturated heterocycles. The summed E-state index contributed by atoms with van der Waals surface area (Å²) in [4.78, 5) is 15.3. The van der Waals surface area contributed by atoms with Gasteiger partial charge in [0.2, 0.25) is 0 Å². The second-order valence-electron chi connectivity index (χ2n) is 4.02. The normalized spacial score (nSPS) is 11.6. The van der Waals surface area contributed by atoms with Gasteiger partial charge in [0.1, 0.15) is 0 Å². The Morgan fingerprint density at radius 1 is 1.32 bits per heavy atom. The van der Waals surface area contributed by atoms with Crippen molar-refractivity contribution in [3.8, 4) is 0 Å². The third-order valence-corrected chi connectivity index (χ3v) is 2.87. The lowest BCUT2D eigenvalue weighted by molar-refractivity contribution is -0.137. The van der Waals surface area contributed by atoms with E-state index in [1.54, 1.807) is 6.92 Å². The Morgan fingerprint density at radius 3 is 2.58 bits per heavy atom. The van der Waals surface area contributed by atoms with E-state index >= 15 is 0 Å². The Morgan fingerprint density at radius 2 is 2.00 bits per heavy atom. The monoisotopic (exact) mass is 269 g/mol. The van der Waals surface area contributed by atoms with Crippen molar-refractivity contribution in [2.45, 2.75) is 13.1 Å². The molecule has 0 fully saturated rings. The van der Waals surface area contributed by atoms with Crippen LogP contribution in [0.3, 0.4) is 0 Å². The van der Waals surface area contributed by atoms with Gasteiger partial charge >= 0.3 is 12.1 Å². The summed E-state index contributed by atoms with van der Waals surface area (Å²) in [5, 5.41) is 0.496. The number of rotatable bonds is 1. The molecule has 1 heterocycles. The average molecular weight is 269 g/mol. The molecule has 0 bridgehead atoms. The summed E-state index contributed by atoms with van der Waals surface area (Å²) < 4.78 is 42.3. The maximum atomic E-state index is 12.6. The molecule has 0 amide bonds. The number of alkyl halides is 3. The Balaban J connectivity index is 2.63. The molecular formula is C13H10F3NO2. The number of pyridine rings is 1. The smallest absolute Gasteiger partial charge is 0.416 e. The van der Waals surface area contributed by atoms with E-state index in [1.807, 2.05) is 0 Å². The predicted octanol–water partition coefficient (Wildman–Crippen LogP) is 3.35. The number of fused-ring (bicyclic) bond motifs is 1. The first-order valence-electron chi connectivity index (χ1n) is 5.39. The van der Waals surface area contributed by atoms with Gasteiger partial charge in [0, 0.05) is 11.6 Å². The molecule has 1 aromatic carbocycles. The van der Waals surface area contributed by atoms with Gasteiger partial charge in [-0.15, -0.1) is 0 Å². The zero-order valence-electron chi connectivity index (χ0n) is 10.2. The first-order valence-corrected chi connectivity index (χ1v) is 5.39. The summed E-state index contributed by atoms with van der Waals surface area (Å²) in [6.45, 7) is 1.64. The van der Waals surface area contributed by atoms with E-state index in [0.29, 0.717) is 10.9 Å². The number of carbonyl (C=O) groups is 1. The molecule has 0 saturated carbocycles. The van der Waals surface area contributed by atoms with Crippen LogP contribution in [0.4, 0.5) is 13.2 Å². The van der Waals surface area contributed by atoms with Crippen LogP contribution in [-0.2, 0) is 10.9 Å². The van der Waals surface area contributed by atoms with E-state index in [0.717, 1.165) is 12.1 Å². The number of hydrogen-bond donors (Lipinski definition) is 0. The average Bonchev–Trinajstić information content (AvgIpc) is 2.37. The van der Waals surface area contributed by atoms with Crippen molar-refractivity contribution in [2.24, 2.45) is 0 Å². The van der Waals surface area contributed by atoms with Gasteiger partial charge in [0.15, 0.2) is 0 Å². The fraction of sp³-hybridized carbons (Fsp3) is 0.231. The lowest BCUT2D eigenvalue weighted by atomic mass is 10.0. The second kappa shape index (κ2) is 4.53. The first kappa shape index (κ1) is 13.3. The van der Waals surface area contributed by atoms with Crippen LogP contribution in [-0.4, -0.2) is 18.1 Å². The van der Waals surface area contributed by atoms with Crippen molar-refractivity contribution in [3.05, 3.63) is 41.1 Å². The second-order valence-corrected chi connectivity index (χ2v) is 4.02. The minimum Gasteiger partial charge on any atom is -0.465 e. The van der Waals surface area contributed by atoms with Crippen LogP contribution in [0.1, 0.15) is 21.5 Å². The highest BCUT2D eigenvalue weighted by molar-refractivity contribution is 5.96. The molecule has 3 nitrogen and oxygen atoms in total. The van der Waals surface area contributed by atoms with Crippen LogP contribution in [0, 0.1) is 6.92 Å². The van der Waals surface area contributed by atoms with Crippen LogP contribution < -0.4 is 0 Å². The molecule has 0 N–H and O–H groups in total. The number of ether oxygens (including phenoxy) is 1. The molecular weight excluding hydrogens is 259 g/mol. The largest absolute Gasteiger partial charge is 0.465 e. The third-order valence-electron chi connectivity index (χ3n) is 2.87. The molecule has 0 aliphatic carbocycles. The molecule has 0 aliphatic rings. The maximum absolute atomic E-state index is 12.6. The maximum Gasteiger partial charge on any atom is 0.416 e. The number of carbonyl (C=O) groups excluding carboxylic acids is 1. The van der Waals surface area contributed by atoms with Gasteiger partial charge < -0.3 is 4.74 Å². The summed E-state index contributed by atoms with van der Waals surface area (Å²) in [5.74, 6) is -0.563. The van der Waals surface area contributed by atoms with Crippen molar-refractivity contribution in [2.75, 3.05) is 7.11 Å². The predicted molar refractivity (Wildman–Crippen MR) is 62.8 cm³/mol. The Bertz CT molecular complexity index is 650. The van der Waals surface area contributed by atoms with Crippen LogP contribution in [0.2, 0.25) is 0 Å². The standard InChI is InChI=1S/C13H10F3NO2/c1-7-9-4-3-8(13(14,15)16)5-11(9)17-6-10(7)12(18)19-2/h3-6H,1-2H3. The van der Waals surface area contributed by atoms with Crippen LogP contribution in [0.5, 0.6) is 0 Å². The fourth-order valence-corrected chi connectivity index (χ4v) is 1.82. The van der Waals surface area contributed by atoms with E-state index in [1.165, 1.54) is 19.4 Å². The highest BCUT2D eigenvalue weighted by atomic mass is 19.4. The molecule has 0 spiro atoms. The number of esters is 1. The number of aryl methyl sites for hydroxylation is 1. The summed E-state index contributed by atoms with van der Waals surface area (Å²) >= 11 is 0. The minimum absolute atomic E-state index is 0.194. The summed E-state index contributed by atoms with van der Waals surface area (Å²) in [6.07, 6.45) is -3.19. The van der Waals surface area contributed by atoms with Crippen molar-refractivity contribution in [1.82, 2.24) is 4.98 Å². The molecule has 0 radical (unpaired) electrons. The molecule has 1 aromatic heterocycles. The Hall–Kier alpha value is -2.11. The number of nitrogens with zero attached hydrogens (tertiary/aromatic N) is 1. The fourth-order valence-electron chi connectivity index (χ4n) is 1.82. The van der Waals surface area contributed by atoms with Gasteiger partial charge in [-0.3, -0.25) is 4.98 Å². The van der Waals surface area contributed by atoms with Crippen molar-refractivity contribution in [1.29, 1.82) is 0 Å². The Kier molecular flexibility index (Phi) is 3.18. The van der Waals surface area contributed by atoms with Gasteiger partial charge in [0.05, 0.1) is 23.8 Å². The van der Waals surface area contributed by atoms with Gasteiger partial charge in [-0.25, -0.2) is 4.79 Å². The summed E-state index contributed by atoms with van der Waals surface area (Å²) in [6, 6.07) is 3.24. The molecule has 6 heteroatoms. The number of hydrogen-bond acceptors (Lipinski definition) is 3. The molecule has 0 unspecified atom stereocenters. The van der Waals surface area contributed by atoms with E-state index in [4.69, 9.17) is 0 Å². The van der Waals surface area contributed by atoms with E-state index in [-0.39, 0.29) is 11.1 Å². The molecule has 0 atom stereocenters. The van der Waals surface area contributed by atoms with Gasteiger partial charge in [0.25, 0.3) is 0 Å². The molecule has 19 heavy (non-hydrogen) atoms. The highest BCUT2D eigenvalue weighted by Crippen LogP contribution is 2.32. The molecule has 100 valence electrons. The lowest BCUT2D eigenvalue weighted by Gasteiger charge is -2.10. The first-order chi connectivity index (χ1) is 8.84. The summed E-state index contributed by atoms with van der Waals surface area (Å²) in [7, 11) is 1.23. The summed E-state index contributed by atoms with van der Waals surface area (Å²) in [5.41, 5.74) is 0.220. The third kappa shape index (κ3) is 2.38. The zero-order valence-corrected chi connectivity index (χ0v) is 10.2. The van der Waals surface area contributed by atoms with Gasteiger partial charge in [-0.2, -0.15) is 13.2 Å². The van der Waals surface area contributed by atoms with Crippen molar-refractivity contribution in [3.63, 3.8) is 0 Å². The van der Waals surface area contributed by atoms with E-state index < -0.39 is 17.7 Å². The highest BCUT2D eigenvalue weighted by Gasteiger charge is 2.30. The van der Waals surface area contributed by atoms with Crippen LogP contribution >= 0.6 is 0 Å². The van der Waals surface area contributed by atoms with Gasteiger partial charge in [-0.05, 0) is 24.6 Å². The van der Waals surface area contributed by atoms with E-state index in [9.17, 15) is 18.0 Å². The SMILES string of the molecule is COC(=O)c1cnc2cc(C(F)(F)F)ccc2c1C. The number of methoxy groups -OCH3 is 1. The number of aromatic nitrogens is 1. The number of benzene rings is 1. The van der Waals surface area contributed by atoms with Gasteiger partial charge in [-0.1, -0.05) is 6.07 Å². The molecule has 2 aromatic rings. The van der Waals surface area contributed by atoms with Crippen LogP contribution in [0.25, 0.3) is 10.9 Å². The topological polar surface area (TPSA) is 39.2 Å². The van der Waals surface area contributed by atoms with Crippen LogP contribution in [0.15, 0.2) is 24.4 Å². The van der Waals surface area contributed by atoms with E-state index in [2.05, 4.69) is 9.72 Å². The molecule has 2 rings (SSSR count). The van der Waals surface area contributed by atoms with Crippen molar-refractivity contribution < 1.29 is 22.7 Å². The number of halogens is 3. The zero-order chi connectivity index (χ0) is 14.2. The lowest BCUT2D eigenvalue weighted by Crippen LogP contribution is -2.07.